The van der Waals surface area contributed by atoms with Crippen molar-refractivity contribution >= 4 is 0 Å². The van der Waals surface area contributed by atoms with Crippen LogP contribution in [0.25, 0.3) is 0 Å². The smallest absolute Gasteiger partial charge is 0.190 e. The standard InChI is InChI=1S/C9H16O6/c1-9(2)14-7-6(12)5(11)4(3-10)13-8(7)15-9/h4-8,10-12H,3H2,1-2H3/t4-,5-,6+,7-,8?/m1/s1. The molecule has 0 aliphatic carbocycles. The van der Waals surface area contributed by atoms with E-state index in [0.29, 0.717) is 0 Å². The fourth-order valence-corrected chi connectivity index (χ4v) is 1.91. The van der Waals surface area contributed by atoms with Gasteiger partial charge in [0.15, 0.2) is 12.1 Å². The Labute approximate surface area is 87.4 Å². The predicted octanol–water partition coefficient (Wildman–Crippen LogP) is -1.42. The van der Waals surface area contributed by atoms with E-state index >= 15 is 0 Å². The molecule has 0 radical (unpaired) electrons. The Morgan fingerprint density at radius 3 is 2.40 bits per heavy atom. The first-order valence-corrected chi connectivity index (χ1v) is 4.93. The van der Waals surface area contributed by atoms with Crippen LogP contribution in [0.2, 0.25) is 0 Å². The van der Waals surface area contributed by atoms with Gasteiger partial charge in [-0.1, -0.05) is 0 Å². The summed E-state index contributed by atoms with van der Waals surface area (Å²) >= 11 is 0. The second-order valence-electron chi connectivity index (χ2n) is 4.31. The molecule has 0 aromatic carbocycles. The van der Waals surface area contributed by atoms with Gasteiger partial charge in [0, 0.05) is 0 Å². The minimum atomic E-state index is -1.16. The summed E-state index contributed by atoms with van der Waals surface area (Å²) in [6, 6.07) is 0. The number of fused-ring (bicyclic) bond motifs is 1. The zero-order chi connectivity index (χ0) is 11.2. The third kappa shape index (κ3) is 1.89. The number of aliphatic hydroxyl groups excluding tert-OH is 3. The van der Waals surface area contributed by atoms with Crippen LogP contribution in [0.5, 0.6) is 0 Å². The van der Waals surface area contributed by atoms with Gasteiger partial charge in [0.1, 0.15) is 24.4 Å². The topological polar surface area (TPSA) is 88.4 Å². The molecule has 1 unspecified atom stereocenters. The van der Waals surface area contributed by atoms with Gasteiger partial charge in [0.05, 0.1) is 6.61 Å². The molecule has 5 atom stereocenters. The molecule has 15 heavy (non-hydrogen) atoms. The fraction of sp³-hybridized carbons (Fsp3) is 1.00. The van der Waals surface area contributed by atoms with E-state index in [2.05, 4.69) is 0 Å². The van der Waals surface area contributed by atoms with Crippen LogP contribution in [0.15, 0.2) is 0 Å². The van der Waals surface area contributed by atoms with Gasteiger partial charge in [-0.15, -0.1) is 0 Å². The minimum Gasteiger partial charge on any atom is -0.394 e. The Bertz CT molecular complexity index is 243. The zero-order valence-electron chi connectivity index (χ0n) is 8.66. The lowest BCUT2D eigenvalue weighted by molar-refractivity contribution is -0.256. The van der Waals surface area contributed by atoms with Gasteiger partial charge in [-0.2, -0.15) is 0 Å². The summed E-state index contributed by atoms with van der Waals surface area (Å²) < 4.78 is 16.0. The lowest BCUT2D eigenvalue weighted by Crippen LogP contribution is -2.57. The SMILES string of the molecule is CC1(C)OC2O[C@H](CO)[C@@H](O)[C@H](O)[C@H]2O1. The van der Waals surface area contributed by atoms with E-state index in [9.17, 15) is 10.2 Å². The Morgan fingerprint density at radius 1 is 1.13 bits per heavy atom. The molecule has 0 bridgehead atoms. The predicted molar refractivity (Wildman–Crippen MR) is 47.8 cm³/mol. The van der Waals surface area contributed by atoms with Gasteiger partial charge in [0.25, 0.3) is 0 Å². The number of aliphatic hydroxyl groups is 3. The molecule has 0 aromatic heterocycles. The van der Waals surface area contributed by atoms with Crippen LogP contribution in [-0.4, -0.2) is 58.4 Å². The maximum absolute atomic E-state index is 9.74. The van der Waals surface area contributed by atoms with Crippen molar-refractivity contribution in [3.05, 3.63) is 0 Å². The van der Waals surface area contributed by atoms with Crippen LogP contribution in [0.1, 0.15) is 13.8 Å². The third-order valence-corrected chi connectivity index (χ3v) is 2.64. The molecule has 2 saturated heterocycles. The van der Waals surface area contributed by atoms with Crippen LogP contribution < -0.4 is 0 Å². The summed E-state index contributed by atoms with van der Waals surface area (Å²) in [6.07, 6.45) is -4.55. The fourth-order valence-electron chi connectivity index (χ4n) is 1.91. The van der Waals surface area contributed by atoms with E-state index in [4.69, 9.17) is 19.3 Å². The van der Waals surface area contributed by atoms with Gasteiger partial charge in [0.2, 0.25) is 0 Å². The van der Waals surface area contributed by atoms with E-state index in [0.717, 1.165) is 0 Å². The van der Waals surface area contributed by atoms with E-state index < -0.39 is 36.5 Å². The highest BCUT2D eigenvalue weighted by Gasteiger charge is 2.53. The van der Waals surface area contributed by atoms with Crippen LogP contribution in [-0.2, 0) is 14.2 Å². The van der Waals surface area contributed by atoms with Crippen LogP contribution in [0.3, 0.4) is 0 Å². The normalized spacial score (nSPS) is 49.0. The maximum Gasteiger partial charge on any atom is 0.190 e. The first-order chi connectivity index (χ1) is 6.94. The van der Waals surface area contributed by atoms with Crippen LogP contribution in [0.4, 0.5) is 0 Å². The van der Waals surface area contributed by atoms with E-state index in [1.165, 1.54) is 0 Å². The van der Waals surface area contributed by atoms with Crippen molar-refractivity contribution in [2.45, 2.75) is 50.3 Å². The molecule has 0 spiro atoms. The number of hydrogen-bond donors (Lipinski definition) is 3. The average Bonchev–Trinajstić information content (AvgIpc) is 2.47. The Morgan fingerprint density at radius 2 is 1.80 bits per heavy atom. The summed E-state index contributed by atoms with van der Waals surface area (Å²) in [4.78, 5) is 0. The lowest BCUT2D eigenvalue weighted by Gasteiger charge is -2.36. The lowest BCUT2D eigenvalue weighted by atomic mass is 9.99. The molecule has 2 aliphatic heterocycles. The molecule has 88 valence electrons. The second-order valence-corrected chi connectivity index (χ2v) is 4.31. The molecule has 0 amide bonds. The van der Waals surface area contributed by atoms with Crippen molar-refractivity contribution in [1.29, 1.82) is 0 Å². The van der Waals surface area contributed by atoms with Crippen LogP contribution in [0, 0.1) is 0 Å². The van der Waals surface area contributed by atoms with Crippen molar-refractivity contribution in [2.75, 3.05) is 6.61 Å². The number of hydrogen-bond acceptors (Lipinski definition) is 6. The quantitative estimate of drug-likeness (QED) is 0.502. The number of ether oxygens (including phenoxy) is 3. The highest BCUT2D eigenvalue weighted by atomic mass is 16.8. The minimum absolute atomic E-state index is 0.370. The summed E-state index contributed by atoms with van der Waals surface area (Å²) in [5.74, 6) is -0.847. The molecule has 3 N–H and O–H groups in total. The third-order valence-electron chi connectivity index (χ3n) is 2.64. The molecule has 6 nitrogen and oxygen atoms in total. The highest BCUT2D eigenvalue weighted by Crippen LogP contribution is 2.35. The number of rotatable bonds is 1. The largest absolute Gasteiger partial charge is 0.394 e. The van der Waals surface area contributed by atoms with Crippen molar-refractivity contribution in [2.24, 2.45) is 0 Å². The van der Waals surface area contributed by atoms with Gasteiger partial charge in [-0.25, -0.2) is 0 Å². The van der Waals surface area contributed by atoms with Crippen molar-refractivity contribution < 1.29 is 29.5 Å². The molecular weight excluding hydrogens is 204 g/mol. The molecular formula is C9H16O6. The first-order valence-electron chi connectivity index (χ1n) is 4.93. The molecule has 6 heteroatoms. The zero-order valence-corrected chi connectivity index (χ0v) is 8.66. The monoisotopic (exact) mass is 220 g/mol. The molecule has 2 fully saturated rings. The van der Waals surface area contributed by atoms with E-state index in [-0.39, 0.29) is 6.61 Å². The highest BCUT2D eigenvalue weighted by molar-refractivity contribution is 4.93. The van der Waals surface area contributed by atoms with E-state index in [1.807, 2.05) is 0 Å². The van der Waals surface area contributed by atoms with Crippen molar-refractivity contribution in [3.8, 4) is 0 Å². The molecule has 2 heterocycles. The summed E-state index contributed by atoms with van der Waals surface area (Å²) in [7, 11) is 0. The molecule has 2 rings (SSSR count). The Hall–Kier alpha value is -0.240. The van der Waals surface area contributed by atoms with Gasteiger partial charge in [-0.05, 0) is 13.8 Å². The maximum atomic E-state index is 9.74. The summed E-state index contributed by atoms with van der Waals surface area (Å²) in [5, 5.41) is 28.3. The molecule has 0 saturated carbocycles. The second kappa shape index (κ2) is 3.65. The molecule has 0 aromatic rings. The summed E-state index contributed by atoms with van der Waals surface area (Å²) in [6.45, 7) is 3.02. The summed E-state index contributed by atoms with van der Waals surface area (Å²) in [5.41, 5.74) is 0. The van der Waals surface area contributed by atoms with Crippen LogP contribution >= 0.6 is 0 Å². The molecule has 2 aliphatic rings. The Kier molecular flexibility index (Phi) is 2.74. The van der Waals surface area contributed by atoms with Gasteiger partial charge >= 0.3 is 0 Å². The van der Waals surface area contributed by atoms with Gasteiger partial charge in [-0.3, -0.25) is 0 Å². The van der Waals surface area contributed by atoms with E-state index in [1.54, 1.807) is 13.8 Å². The van der Waals surface area contributed by atoms with Crippen molar-refractivity contribution in [1.82, 2.24) is 0 Å². The van der Waals surface area contributed by atoms with Crippen molar-refractivity contribution in [3.63, 3.8) is 0 Å². The average molecular weight is 220 g/mol. The first kappa shape index (κ1) is 11.3. The Balaban J connectivity index is 2.13. The van der Waals surface area contributed by atoms with Gasteiger partial charge < -0.3 is 29.5 Å².